The van der Waals surface area contributed by atoms with E-state index in [1.54, 1.807) is 22.7 Å². The molecule has 0 atom stereocenters. The predicted octanol–water partition coefficient (Wildman–Crippen LogP) is 3.01. The first-order chi connectivity index (χ1) is 7.75. The van der Waals surface area contributed by atoms with Crippen molar-refractivity contribution in [2.45, 2.75) is 32.9 Å². The molecule has 86 valence electrons. The summed E-state index contributed by atoms with van der Waals surface area (Å²) >= 11 is 3.37. The van der Waals surface area contributed by atoms with Crippen LogP contribution in [-0.2, 0) is 13.1 Å². The van der Waals surface area contributed by atoms with Gasteiger partial charge in [-0.15, -0.1) is 22.7 Å². The van der Waals surface area contributed by atoms with E-state index < -0.39 is 0 Å². The number of aromatic nitrogens is 2. The summed E-state index contributed by atoms with van der Waals surface area (Å²) in [5, 5.41) is 8.75. The fourth-order valence-corrected chi connectivity index (χ4v) is 2.71. The first-order valence-corrected chi connectivity index (χ1v) is 7.10. The minimum Gasteiger partial charge on any atom is -0.305 e. The summed E-state index contributed by atoms with van der Waals surface area (Å²) in [4.78, 5) is 8.79. The van der Waals surface area contributed by atoms with Gasteiger partial charge in [0, 0.05) is 29.8 Å². The normalized spacial score (nSPS) is 11.2. The SMILES string of the molecule is CC(C)c1nc(CNCc2cscn2)cs1. The van der Waals surface area contributed by atoms with Crippen molar-refractivity contribution < 1.29 is 0 Å². The van der Waals surface area contributed by atoms with Crippen LogP contribution in [0, 0.1) is 0 Å². The topological polar surface area (TPSA) is 37.8 Å². The van der Waals surface area contributed by atoms with Crippen LogP contribution in [0.2, 0.25) is 0 Å². The Hall–Kier alpha value is -0.780. The van der Waals surface area contributed by atoms with E-state index in [2.05, 4.69) is 39.9 Å². The van der Waals surface area contributed by atoms with Gasteiger partial charge in [-0.1, -0.05) is 13.8 Å². The number of nitrogens with zero attached hydrogens (tertiary/aromatic N) is 2. The average molecular weight is 253 g/mol. The maximum absolute atomic E-state index is 4.57. The first kappa shape index (κ1) is 11.7. The highest BCUT2D eigenvalue weighted by molar-refractivity contribution is 7.09. The Balaban J connectivity index is 1.81. The summed E-state index contributed by atoms with van der Waals surface area (Å²) in [6.45, 7) is 5.98. The van der Waals surface area contributed by atoms with Crippen LogP contribution in [0.4, 0.5) is 0 Å². The molecule has 0 bridgehead atoms. The Labute approximate surface area is 104 Å². The Morgan fingerprint density at radius 1 is 1.25 bits per heavy atom. The van der Waals surface area contributed by atoms with Gasteiger partial charge in [-0.05, 0) is 0 Å². The molecule has 0 amide bonds. The lowest BCUT2D eigenvalue weighted by Crippen LogP contribution is -2.13. The van der Waals surface area contributed by atoms with Crippen LogP contribution >= 0.6 is 22.7 Å². The van der Waals surface area contributed by atoms with Gasteiger partial charge in [0.15, 0.2) is 0 Å². The van der Waals surface area contributed by atoms with Crippen molar-refractivity contribution in [1.82, 2.24) is 15.3 Å². The Morgan fingerprint density at radius 2 is 2.06 bits per heavy atom. The lowest BCUT2D eigenvalue weighted by molar-refractivity contribution is 0.669. The van der Waals surface area contributed by atoms with E-state index in [1.807, 2.05) is 5.51 Å². The molecule has 3 nitrogen and oxygen atoms in total. The van der Waals surface area contributed by atoms with Crippen molar-refractivity contribution in [2.75, 3.05) is 0 Å². The summed E-state index contributed by atoms with van der Waals surface area (Å²) in [6.07, 6.45) is 0. The van der Waals surface area contributed by atoms with Gasteiger partial charge in [-0.25, -0.2) is 9.97 Å². The van der Waals surface area contributed by atoms with Gasteiger partial charge in [0.1, 0.15) is 0 Å². The van der Waals surface area contributed by atoms with Crippen LogP contribution in [0.1, 0.15) is 36.2 Å². The van der Waals surface area contributed by atoms with Crippen molar-refractivity contribution in [2.24, 2.45) is 0 Å². The molecule has 1 N–H and O–H groups in total. The van der Waals surface area contributed by atoms with Crippen molar-refractivity contribution in [3.05, 3.63) is 32.7 Å². The quantitative estimate of drug-likeness (QED) is 0.890. The summed E-state index contributed by atoms with van der Waals surface area (Å²) in [5.41, 5.74) is 4.09. The number of thiazole rings is 2. The molecular weight excluding hydrogens is 238 g/mol. The molecule has 0 aliphatic carbocycles. The molecule has 0 unspecified atom stereocenters. The zero-order valence-corrected chi connectivity index (χ0v) is 11.1. The fraction of sp³-hybridized carbons (Fsp3) is 0.455. The lowest BCUT2D eigenvalue weighted by atomic mass is 10.2. The second kappa shape index (κ2) is 5.52. The molecule has 0 fully saturated rings. The summed E-state index contributed by atoms with van der Waals surface area (Å²) in [5.74, 6) is 0.525. The molecule has 2 rings (SSSR count). The molecule has 0 radical (unpaired) electrons. The summed E-state index contributed by atoms with van der Waals surface area (Å²) < 4.78 is 0. The Kier molecular flexibility index (Phi) is 4.04. The molecule has 0 saturated heterocycles. The van der Waals surface area contributed by atoms with E-state index in [-0.39, 0.29) is 0 Å². The number of hydrogen-bond donors (Lipinski definition) is 1. The maximum Gasteiger partial charge on any atom is 0.0954 e. The van der Waals surface area contributed by atoms with Crippen LogP contribution < -0.4 is 5.32 Å². The van der Waals surface area contributed by atoms with Crippen LogP contribution in [0.15, 0.2) is 16.3 Å². The molecule has 0 saturated carbocycles. The third-order valence-corrected chi connectivity index (χ3v) is 3.99. The van der Waals surface area contributed by atoms with E-state index in [0.717, 1.165) is 24.5 Å². The molecule has 2 aromatic rings. The smallest absolute Gasteiger partial charge is 0.0954 e. The van der Waals surface area contributed by atoms with Gasteiger partial charge in [-0.2, -0.15) is 0 Å². The second-order valence-corrected chi connectivity index (χ2v) is 5.52. The molecule has 16 heavy (non-hydrogen) atoms. The highest BCUT2D eigenvalue weighted by atomic mass is 32.1. The average Bonchev–Trinajstić information content (AvgIpc) is 2.87. The lowest BCUT2D eigenvalue weighted by Gasteiger charge is -2.00. The van der Waals surface area contributed by atoms with E-state index >= 15 is 0 Å². The molecule has 2 aromatic heterocycles. The van der Waals surface area contributed by atoms with Gasteiger partial charge in [-0.3, -0.25) is 0 Å². The third-order valence-electron chi connectivity index (χ3n) is 2.16. The van der Waals surface area contributed by atoms with Crippen molar-refractivity contribution in [3.8, 4) is 0 Å². The van der Waals surface area contributed by atoms with Crippen LogP contribution in [0.3, 0.4) is 0 Å². The molecule has 5 heteroatoms. The zero-order chi connectivity index (χ0) is 11.4. The fourth-order valence-electron chi connectivity index (χ4n) is 1.31. The molecule has 0 aromatic carbocycles. The van der Waals surface area contributed by atoms with E-state index in [9.17, 15) is 0 Å². The second-order valence-electron chi connectivity index (χ2n) is 3.92. The molecule has 0 spiro atoms. The molecule has 2 heterocycles. The van der Waals surface area contributed by atoms with Gasteiger partial charge >= 0.3 is 0 Å². The molecule has 0 aliphatic heterocycles. The van der Waals surface area contributed by atoms with Gasteiger partial charge in [0.05, 0.1) is 21.9 Å². The Morgan fingerprint density at radius 3 is 2.69 bits per heavy atom. The van der Waals surface area contributed by atoms with E-state index in [0.29, 0.717) is 5.92 Å². The zero-order valence-electron chi connectivity index (χ0n) is 9.43. The Bertz CT molecular complexity index is 420. The molecular formula is C11H15N3S2. The third kappa shape index (κ3) is 3.10. The molecule has 0 aliphatic rings. The summed E-state index contributed by atoms with van der Waals surface area (Å²) in [6, 6.07) is 0. The van der Waals surface area contributed by atoms with Crippen LogP contribution in [0.25, 0.3) is 0 Å². The first-order valence-electron chi connectivity index (χ1n) is 5.28. The van der Waals surface area contributed by atoms with Crippen LogP contribution in [-0.4, -0.2) is 9.97 Å². The van der Waals surface area contributed by atoms with Crippen molar-refractivity contribution in [1.29, 1.82) is 0 Å². The maximum atomic E-state index is 4.57. The minimum absolute atomic E-state index is 0.525. The highest BCUT2D eigenvalue weighted by Crippen LogP contribution is 2.18. The predicted molar refractivity (Wildman–Crippen MR) is 68.9 cm³/mol. The van der Waals surface area contributed by atoms with Gasteiger partial charge in [0.25, 0.3) is 0 Å². The largest absolute Gasteiger partial charge is 0.305 e. The monoisotopic (exact) mass is 253 g/mol. The van der Waals surface area contributed by atoms with Crippen LogP contribution in [0.5, 0.6) is 0 Å². The van der Waals surface area contributed by atoms with Gasteiger partial charge < -0.3 is 5.32 Å². The highest BCUT2D eigenvalue weighted by Gasteiger charge is 2.05. The van der Waals surface area contributed by atoms with Crippen molar-refractivity contribution >= 4 is 22.7 Å². The van der Waals surface area contributed by atoms with Gasteiger partial charge in [0.2, 0.25) is 0 Å². The standard InChI is InChI=1S/C11H15N3S2/c1-8(2)11-14-10(6-16-11)4-12-3-9-5-15-7-13-9/h5-8,12H,3-4H2,1-2H3. The number of hydrogen-bond acceptors (Lipinski definition) is 5. The van der Waals surface area contributed by atoms with E-state index in [4.69, 9.17) is 0 Å². The number of nitrogens with one attached hydrogen (secondary N) is 1. The van der Waals surface area contributed by atoms with E-state index in [1.165, 1.54) is 5.01 Å². The number of rotatable bonds is 5. The van der Waals surface area contributed by atoms with Crippen molar-refractivity contribution in [3.63, 3.8) is 0 Å². The minimum atomic E-state index is 0.525. The summed E-state index contributed by atoms with van der Waals surface area (Å²) in [7, 11) is 0.